The summed E-state index contributed by atoms with van der Waals surface area (Å²) in [6.45, 7) is 1.57. The third-order valence-electron chi connectivity index (χ3n) is 5.00. The number of carbonyl (C=O) groups is 1. The molecule has 1 atom stereocenters. The molecule has 3 aromatic rings. The largest absolute Gasteiger partial charge is 0.369 e. The second-order valence-electron chi connectivity index (χ2n) is 6.87. The van der Waals surface area contributed by atoms with Gasteiger partial charge in [-0.3, -0.25) is 4.79 Å². The van der Waals surface area contributed by atoms with E-state index in [4.69, 9.17) is 17.3 Å². The predicted octanol–water partition coefficient (Wildman–Crippen LogP) is 4.19. The van der Waals surface area contributed by atoms with Gasteiger partial charge in [-0.05, 0) is 41.8 Å². The standard InChI is InChI=1S/C22H21ClN4O/c23-19-7-4-11-25-22(19)26-17-10-12-27(14-17)20-9-8-16(13-18(20)21(24)28)15-5-2-1-3-6-15/h1-9,11,13,17H,10,12,14H2,(H2,24,28)(H,25,26). The maximum absolute atomic E-state index is 12.1. The highest BCUT2D eigenvalue weighted by molar-refractivity contribution is 6.32. The summed E-state index contributed by atoms with van der Waals surface area (Å²) in [7, 11) is 0. The number of hydrogen-bond donors (Lipinski definition) is 2. The van der Waals surface area contributed by atoms with Crippen molar-refractivity contribution in [1.29, 1.82) is 0 Å². The Hall–Kier alpha value is -3.05. The molecule has 0 aliphatic carbocycles. The van der Waals surface area contributed by atoms with Gasteiger partial charge in [-0.15, -0.1) is 0 Å². The minimum Gasteiger partial charge on any atom is -0.369 e. The van der Waals surface area contributed by atoms with Crippen LogP contribution in [0.15, 0.2) is 66.9 Å². The van der Waals surface area contributed by atoms with E-state index in [1.54, 1.807) is 6.20 Å². The van der Waals surface area contributed by atoms with Gasteiger partial charge in [0.25, 0.3) is 5.91 Å². The molecule has 0 saturated carbocycles. The molecule has 2 aromatic carbocycles. The van der Waals surface area contributed by atoms with Crippen molar-refractivity contribution >= 4 is 29.0 Å². The molecule has 5 nitrogen and oxygen atoms in total. The van der Waals surface area contributed by atoms with Crippen LogP contribution in [0.1, 0.15) is 16.8 Å². The molecule has 3 N–H and O–H groups in total. The van der Waals surface area contributed by atoms with E-state index >= 15 is 0 Å². The third-order valence-corrected chi connectivity index (χ3v) is 5.30. The number of pyridine rings is 1. The van der Waals surface area contributed by atoms with Crippen molar-refractivity contribution in [3.63, 3.8) is 0 Å². The van der Waals surface area contributed by atoms with E-state index in [-0.39, 0.29) is 6.04 Å². The number of aromatic nitrogens is 1. The highest BCUT2D eigenvalue weighted by Gasteiger charge is 2.26. The molecule has 2 heterocycles. The Labute approximate surface area is 169 Å². The normalized spacial score (nSPS) is 16.2. The zero-order valence-corrected chi connectivity index (χ0v) is 16.1. The van der Waals surface area contributed by atoms with Gasteiger partial charge in [-0.2, -0.15) is 0 Å². The first kappa shape index (κ1) is 18.3. The van der Waals surface area contributed by atoms with Crippen LogP contribution >= 0.6 is 11.6 Å². The maximum atomic E-state index is 12.1. The first-order chi connectivity index (χ1) is 13.6. The van der Waals surface area contributed by atoms with Crippen LogP contribution in [0, 0.1) is 0 Å². The number of carbonyl (C=O) groups excluding carboxylic acids is 1. The van der Waals surface area contributed by atoms with Crippen LogP contribution < -0.4 is 16.0 Å². The average molecular weight is 393 g/mol. The summed E-state index contributed by atoms with van der Waals surface area (Å²) in [6.07, 6.45) is 2.64. The number of halogens is 1. The van der Waals surface area contributed by atoms with Gasteiger partial charge in [0.15, 0.2) is 0 Å². The average Bonchev–Trinajstić information content (AvgIpc) is 3.18. The van der Waals surface area contributed by atoms with Crippen molar-refractivity contribution in [3.05, 3.63) is 77.4 Å². The fourth-order valence-corrected chi connectivity index (χ4v) is 3.78. The lowest BCUT2D eigenvalue weighted by Gasteiger charge is -2.22. The molecule has 0 bridgehead atoms. The van der Waals surface area contributed by atoms with Gasteiger partial charge in [0.05, 0.1) is 10.6 Å². The number of hydrogen-bond acceptors (Lipinski definition) is 4. The molecule has 0 radical (unpaired) electrons. The van der Waals surface area contributed by atoms with Crippen LogP contribution in [0.3, 0.4) is 0 Å². The van der Waals surface area contributed by atoms with Gasteiger partial charge in [0.1, 0.15) is 5.82 Å². The van der Waals surface area contributed by atoms with E-state index in [0.717, 1.165) is 36.3 Å². The number of nitrogens with zero attached hydrogens (tertiary/aromatic N) is 2. The van der Waals surface area contributed by atoms with E-state index in [0.29, 0.717) is 16.4 Å². The summed E-state index contributed by atoms with van der Waals surface area (Å²) < 4.78 is 0. The Balaban J connectivity index is 1.56. The summed E-state index contributed by atoms with van der Waals surface area (Å²) >= 11 is 6.20. The summed E-state index contributed by atoms with van der Waals surface area (Å²) in [5.74, 6) is 0.266. The lowest BCUT2D eigenvalue weighted by atomic mass is 10.0. The van der Waals surface area contributed by atoms with Crippen LogP contribution in [-0.2, 0) is 0 Å². The molecular formula is C22H21ClN4O. The van der Waals surface area contributed by atoms with Crippen LogP contribution in [0.2, 0.25) is 5.02 Å². The number of amides is 1. The van der Waals surface area contributed by atoms with Crippen molar-refractivity contribution in [1.82, 2.24) is 4.98 Å². The molecule has 1 amide bonds. The minimum absolute atomic E-state index is 0.196. The zero-order chi connectivity index (χ0) is 19.5. The van der Waals surface area contributed by atoms with Crippen molar-refractivity contribution < 1.29 is 4.79 Å². The van der Waals surface area contributed by atoms with E-state index in [2.05, 4.69) is 15.2 Å². The molecule has 1 aromatic heterocycles. The van der Waals surface area contributed by atoms with E-state index in [1.807, 2.05) is 60.7 Å². The van der Waals surface area contributed by atoms with Crippen LogP contribution in [0.5, 0.6) is 0 Å². The van der Waals surface area contributed by atoms with Gasteiger partial charge in [0.2, 0.25) is 0 Å². The van der Waals surface area contributed by atoms with E-state index in [9.17, 15) is 4.79 Å². The maximum Gasteiger partial charge on any atom is 0.250 e. The molecule has 1 saturated heterocycles. The Kier molecular flexibility index (Phi) is 5.17. The molecule has 28 heavy (non-hydrogen) atoms. The summed E-state index contributed by atoms with van der Waals surface area (Å²) in [5, 5.41) is 4.00. The minimum atomic E-state index is -0.419. The Morgan fingerprint density at radius 3 is 2.68 bits per heavy atom. The lowest BCUT2D eigenvalue weighted by molar-refractivity contribution is 0.100. The predicted molar refractivity (Wildman–Crippen MR) is 114 cm³/mol. The van der Waals surface area contributed by atoms with Crippen LogP contribution in [0.4, 0.5) is 11.5 Å². The molecule has 142 valence electrons. The second-order valence-corrected chi connectivity index (χ2v) is 7.28. The van der Waals surface area contributed by atoms with E-state index < -0.39 is 5.91 Å². The summed E-state index contributed by atoms with van der Waals surface area (Å²) in [5.41, 5.74) is 9.14. The SMILES string of the molecule is NC(=O)c1cc(-c2ccccc2)ccc1N1CCC(Nc2ncccc2Cl)C1. The van der Waals surface area contributed by atoms with Crippen molar-refractivity contribution in [2.24, 2.45) is 5.73 Å². The molecule has 6 heteroatoms. The fraction of sp³-hybridized carbons (Fsp3) is 0.182. The number of primary amides is 1. The van der Waals surface area contributed by atoms with Crippen LogP contribution in [-0.4, -0.2) is 30.0 Å². The van der Waals surface area contributed by atoms with Gasteiger partial charge >= 0.3 is 0 Å². The summed E-state index contributed by atoms with van der Waals surface area (Å²) in [4.78, 5) is 18.6. The fourth-order valence-electron chi connectivity index (χ4n) is 3.60. The molecular weight excluding hydrogens is 372 g/mol. The Morgan fingerprint density at radius 2 is 1.93 bits per heavy atom. The topological polar surface area (TPSA) is 71.2 Å². The van der Waals surface area contributed by atoms with Gasteiger partial charge in [-0.25, -0.2) is 4.98 Å². The van der Waals surface area contributed by atoms with Gasteiger partial charge < -0.3 is 16.0 Å². The quantitative estimate of drug-likeness (QED) is 0.682. The van der Waals surface area contributed by atoms with E-state index in [1.165, 1.54) is 0 Å². The van der Waals surface area contributed by atoms with Crippen molar-refractivity contribution in [2.75, 3.05) is 23.3 Å². The van der Waals surface area contributed by atoms with Crippen molar-refractivity contribution in [2.45, 2.75) is 12.5 Å². The summed E-state index contributed by atoms with van der Waals surface area (Å²) in [6, 6.07) is 19.7. The zero-order valence-electron chi connectivity index (χ0n) is 15.3. The van der Waals surface area contributed by atoms with Gasteiger partial charge in [-0.1, -0.05) is 48.0 Å². The Bertz CT molecular complexity index is 993. The molecule has 1 aliphatic heterocycles. The molecule has 0 spiro atoms. The molecule has 1 unspecified atom stereocenters. The number of nitrogens with two attached hydrogens (primary N) is 1. The van der Waals surface area contributed by atoms with Crippen LogP contribution in [0.25, 0.3) is 11.1 Å². The number of anilines is 2. The number of nitrogens with one attached hydrogen (secondary N) is 1. The number of benzene rings is 2. The highest BCUT2D eigenvalue weighted by Crippen LogP contribution is 2.30. The first-order valence-corrected chi connectivity index (χ1v) is 9.61. The monoisotopic (exact) mass is 392 g/mol. The smallest absolute Gasteiger partial charge is 0.250 e. The number of rotatable bonds is 5. The molecule has 4 rings (SSSR count). The first-order valence-electron chi connectivity index (χ1n) is 9.23. The lowest BCUT2D eigenvalue weighted by Crippen LogP contribution is -2.28. The third kappa shape index (κ3) is 3.80. The molecule has 1 aliphatic rings. The van der Waals surface area contributed by atoms with Gasteiger partial charge in [0, 0.05) is 31.0 Å². The molecule has 1 fully saturated rings. The second kappa shape index (κ2) is 7.90. The van der Waals surface area contributed by atoms with Crippen molar-refractivity contribution in [3.8, 4) is 11.1 Å². The Morgan fingerprint density at radius 1 is 1.11 bits per heavy atom. The highest BCUT2D eigenvalue weighted by atomic mass is 35.5.